The molecule has 7 heteroatoms. The van der Waals surface area contributed by atoms with Crippen molar-refractivity contribution in [2.75, 3.05) is 5.32 Å². The predicted molar refractivity (Wildman–Crippen MR) is 85.1 cm³/mol. The third-order valence-electron chi connectivity index (χ3n) is 4.14. The highest BCUT2D eigenvalue weighted by atomic mass is 32.1. The Morgan fingerprint density at radius 3 is 2.68 bits per heavy atom. The second-order valence-corrected chi connectivity index (χ2v) is 6.72. The first kappa shape index (κ1) is 16.9. The van der Waals surface area contributed by atoms with E-state index in [0.29, 0.717) is 12.3 Å². The Bertz CT molecular complexity index is 525. The van der Waals surface area contributed by atoms with Crippen LogP contribution >= 0.6 is 11.3 Å². The molecule has 6 nitrogen and oxygen atoms in total. The number of rotatable bonds is 6. The lowest BCUT2D eigenvalue weighted by molar-refractivity contribution is -0.125. The quantitative estimate of drug-likeness (QED) is 0.639. The van der Waals surface area contributed by atoms with Crippen molar-refractivity contribution < 1.29 is 19.8 Å². The molecule has 2 atom stereocenters. The van der Waals surface area contributed by atoms with Gasteiger partial charge in [0.1, 0.15) is 11.1 Å². The van der Waals surface area contributed by atoms with E-state index in [1.165, 1.54) is 25.3 Å². The summed E-state index contributed by atoms with van der Waals surface area (Å²) in [7, 11) is 0. The molecule has 0 saturated heterocycles. The molecule has 1 amide bonds. The summed E-state index contributed by atoms with van der Waals surface area (Å²) in [6, 6.07) is 0.785. The number of aliphatic hydroxyl groups is 1. The van der Waals surface area contributed by atoms with E-state index in [4.69, 9.17) is 10.8 Å². The van der Waals surface area contributed by atoms with E-state index in [2.05, 4.69) is 5.32 Å². The second-order valence-electron chi connectivity index (χ2n) is 5.81. The molecule has 1 aromatic heterocycles. The zero-order chi connectivity index (χ0) is 16.1. The molecule has 2 rings (SSSR count). The van der Waals surface area contributed by atoms with Gasteiger partial charge in [-0.1, -0.05) is 32.1 Å². The van der Waals surface area contributed by atoms with Crippen LogP contribution in [0.5, 0.6) is 0 Å². The lowest BCUT2D eigenvalue weighted by atomic mass is 9.84. The van der Waals surface area contributed by atoms with Crippen LogP contribution in [0.15, 0.2) is 11.4 Å². The van der Waals surface area contributed by atoms with Crippen LogP contribution in [0.1, 0.15) is 48.9 Å². The van der Waals surface area contributed by atoms with Gasteiger partial charge in [0.2, 0.25) is 0 Å². The molecular weight excluding hydrogens is 304 g/mol. The number of nitrogens with two attached hydrogens (primary N) is 1. The van der Waals surface area contributed by atoms with Crippen molar-refractivity contribution in [3.8, 4) is 0 Å². The maximum atomic E-state index is 12.0. The Labute approximate surface area is 133 Å². The monoisotopic (exact) mass is 326 g/mol. The smallest absolute Gasteiger partial charge is 0.338 e. The summed E-state index contributed by atoms with van der Waals surface area (Å²) in [6.07, 6.45) is 5.07. The van der Waals surface area contributed by atoms with Crippen LogP contribution in [0.4, 0.5) is 5.00 Å². The molecule has 0 spiro atoms. The maximum absolute atomic E-state index is 12.0. The first-order valence-corrected chi connectivity index (χ1v) is 8.42. The number of amides is 1. The molecule has 0 aromatic carbocycles. The van der Waals surface area contributed by atoms with Gasteiger partial charge >= 0.3 is 5.97 Å². The molecule has 0 radical (unpaired) electrons. The summed E-state index contributed by atoms with van der Waals surface area (Å²) < 4.78 is 0. The van der Waals surface area contributed by atoms with Gasteiger partial charge in [0.05, 0.1) is 5.56 Å². The van der Waals surface area contributed by atoms with E-state index in [9.17, 15) is 14.7 Å². The van der Waals surface area contributed by atoms with Gasteiger partial charge in [0.15, 0.2) is 0 Å². The van der Waals surface area contributed by atoms with Crippen molar-refractivity contribution in [3.63, 3.8) is 0 Å². The minimum atomic E-state index is -1.33. The molecule has 1 heterocycles. The lowest BCUT2D eigenvalue weighted by Crippen LogP contribution is -2.44. The summed E-state index contributed by atoms with van der Waals surface area (Å²) in [4.78, 5) is 23.0. The van der Waals surface area contributed by atoms with Gasteiger partial charge in [0.25, 0.3) is 5.91 Å². The molecule has 122 valence electrons. The minimum absolute atomic E-state index is 0.0198. The topological polar surface area (TPSA) is 113 Å². The van der Waals surface area contributed by atoms with Gasteiger partial charge in [-0.2, -0.15) is 0 Å². The van der Waals surface area contributed by atoms with Crippen molar-refractivity contribution in [3.05, 3.63) is 17.0 Å². The first-order valence-electron chi connectivity index (χ1n) is 7.54. The van der Waals surface area contributed by atoms with Crippen LogP contribution in [0.2, 0.25) is 0 Å². The molecule has 5 N–H and O–H groups in total. The Morgan fingerprint density at radius 2 is 2.05 bits per heavy atom. The van der Waals surface area contributed by atoms with Gasteiger partial charge in [-0.15, -0.1) is 11.3 Å². The fourth-order valence-corrected chi connectivity index (χ4v) is 3.67. The first-order chi connectivity index (χ1) is 10.5. The maximum Gasteiger partial charge on any atom is 0.338 e. The van der Waals surface area contributed by atoms with E-state index < -0.39 is 24.0 Å². The fraction of sp³-hybridized carbons (Fsp3) is 0.600. The van der Waals surface area contributed by atoms with Gasteiger partial charge in [-0.05, 0) is 23.8 Å². The Hall–Kier alpha value is -1.44. The SMILES string of the molecule is N[C@H](CC1CCCCC1)C(O)C(=O)Nc1sccc1C(=O)O. The number of carboxylic acid groups (broad SMARTS) is 1. The number of thiophene rings is 1. The number of carbonyl (C=O) groups is 2. The van der Waals surface area contributed by atoms with Crippen molar-refractivity contribution >= 4 is 28.2 Å². The highest BCUT2D eigenvalue weighted by Crippen LogP contribution is 2.28. The molecular formula is C15H22N2O4S. The summed E-state index contributed by atoms with van der Waals surface area (Å²) in [5, 5.41) is 23.3. The van der Waals surface area contributed by atoms with Gasteiger partial charge < -0.3 is 21.3 Å². The molecule has 1 aromatic rings. The highest BCUT2D eigenvalue weighted by Gasteiger charge is 2.27. The number of carboxylic acids is 1. The predicted octanol–water partition coefficient (Wildman–Crippen LogP) is 2.04. The van der Waals surface area contributed by atoms with Crippen LogP contribution in [-0.2, 0) is 4.79 Å². The molecule has 1 aliphatic carbocycles. The zero-order valence-electron chi connectivity index (χ0n) is 12.3. The Morgan fingerprint density at radius 1 is 1.36 bits per heavy atom. The third kappa shape index (κ3) is 4.28. The Kier molecular flexibility index (Phi) is 5.93. The molecule has 1 unspecified atom stereocenters. The molecule has 0 aliphatic heterocycles. The highest BCUT2D eigenvalue weighted by molar-refractivity contribution is 7.14. The standard InChI is InChI=1S/C15H22N2O4S/c16-11(8-9-4-2-1-3-5-9)12(18)13(19)17-14-10(15(20)21)6-7-22-14/h6-7,9,11-12,18H,1-5,8,16H2,(H,17,19)(H,20,21)/t11-,12?/m1/s1. The van der Waals surface area contributed by atoms with Crippen LogP contribution in [-0.4, -0.2) is 34.2 Å². The number of anilines is 1. The fourth-order valence-electron chi connectivity index (χ4n) is 2.89. The second kappa shape index (κ2) is 7.71. The van der Waals surface area contributed by atoms with Gasteiger partial charge in [-0.3, -0.25) is 4.79 Å². The number of aliphatic hydroxyl groups excluding tert-OH is 1. The lowest BCUT2D eigenvalue weighted by Gasteiger charge is -2.26. The number of aromatic carboxylic acids is 1. The average Bonchev–Trinajstić information content (AvgIpc) is 2.95. The third-order valence-corrected chi connectivity index (χ3v) is 4.97. The van der Waals surface area contributed by atoms with Crippen LogP contribution < -0.4 is 11.1 Å². The van der Waals surface area contributed by atoms with Crippen molar-refractivity contribution in [1.82, 2.24) is 0 Å². The van der Waals surface area contributed by atoms with E-state index >= 15 is 0 Å². The molecule has 1 saturated carbocycles. The number of nitrogens with one attached hydrogen (secondary N) is 1. The van der Waals surface area contributed by atoms with Crippen LogP contribution in [0.3, 0.4) is 0 Å². The van der Waals surface area contributed by atoms with Crippen molar-refractivity contribution in [2.45, 2.75) is 50.7 Å². The molecule has 1 fully saturated rings. The van der Waals surface area contributed by atoms with E-state index in [-0.39, 0.29) is 10.6 Å². The minimum Gasteiger partial charge on any atom is -0.478 e. The van der Waals surface area contributed by atoms with Crippen molar-refractivity contribution in [1.29, 1.82) is 0 Å². The molecule has 1 aliphatic rings. The van der Waals surface area contributed by atoms with Crippen LogP contribution in [0.25, 0.3) is 0 Å². The van der Waals surface area contributed by atoms with E-state index in [0.717, 1.165) is 24.2 Å². The summed E-state index contributed by atoms with van der Waals surface area (Å²) in [5.74, 6) is -1.30. The number of carbonyl (C=O) groups excluding carboxylic acids is 1. The van der Waals surface area contributed by atoms with Gasteiger partial charge in [-0.25, -0.2) is 4.79 Å². The number of hydrogen-bond acceptors (Lipinski definition) is 5. The summed E-state index contributed by atoms with van der Waals surface area (Å²) in [6.45, 7) is 0. The normalized spacial score (nSPS) is 18.6. The Balaban J connectivity index is 1.90. The van der Waals surface area contributed by atoms with Crippen molar-refractivity contribution in [2.24, 2.45) is 11.7 Å². The van der Waals surface area contributed by atoms with E-state index in [1.54, 1.807) is 5.38 Å². The largest absolute Gasteiger partial charge is 0.478 e. The van der Waals surface area contributed by atoms with Crippen LogP contribution in [0, 0.1) is 5.92 Å². The zero-order valence-corrected chi connectivity index (χ0v) is 13.1. The summed E-state index contributed by atoms with van der Waals surface area (Å²) >= 11 is 1.11. The molecule has 0 bridgehead atoms. The molecule has 22 heavy (non-hydrogen) atoms. The average molecular weight is 326 g/mol. The van der Waals surface area contributed by atoms with Gasteiger partial charge in [0, 0.05) is 6.04 Å². The van der Waals surface area contributed by atoms with E-state index in [1.807, 2.05) is 0 Å². The number of hydrogen-bond donors (Lipinski definition) is 4. The summed E-state index contributed by atoms with van der Waals surface area (Å²) in [5.41, 5.74) is 5.97.